The Balaban J connectivity index is 1.46. The van der Waals surface area contributed by atoms with Crippen molar-refractivity contribution in [2.75, 3.05) is 23.7 Å². The van der Waals surface area contributed by atoms with Crippen LogP contribution in [0.5, 0.6) is 0 Å². The fraction of sp³-hybridized carbons (Fsp3) is 0.429. The predicted octanol–water partition coefficient (Wildman–Crippen LogP) is 3.19. The van der Waals surface area contributed by atoms with Crippen LogP contribution in [0.4, 0.5) is 5.13 Å². The summed E-state index contributed by atoms with van der Waals surface area (Å²) in [6.07, 6.45) is 2.31. The zero-order chi connectivity index (χ0) is 21.1. The highest BCUT2D eigenvalue weighted by Crippen LogP contribution is 2.29. The molecule has 9 heteroatoms. The molecule has 2 aromatic heterocycles. The molecule has 158 valence electrons. The number of nitrogens with one attached hydrogen (secondary N) is 1. The molecule has 0 unspecified atom stereocenters. The first-order chi connectivity index (χ1) is 14.5. The van der Waals surface area contributed by atoms with Gasteiger partial charge in [0.25, 0.3) is 5.56 Å². The largest absolute Gasteiger partial charge is 0.351 e. The second-order valence-electron chi connectivity index (χ2n) is 7.34. The maximum Gasteiger partial charge on any atom is 0.273 e. The van der Waals surface area contributed by atoms with Gasteiger partial charge in [-0.1, -0.05) is 52.9 Å². The van der Waals surface area contributed by atoms with Gasteiger partial charge < -0.3 is 10.2 Å². The molecule has 1 saturated heterocycles. The quantitative estimate of drug-likeness (QED) is 0.446. The summed E-state index contributed by atoms with van der Waals surface area (Å²) in [4.78, 5) is 36.7. The number of nitrogens with zero attached hydrogens (tertiary/aromatic N) is 4. The van der Waals surface area contributed by atoms with Crippen molar-refractivity contribution in [3.8, 4) is 0 Å². The number of fused-ring (bicyclic) bond motifs is 1. The molecule has 0 saturated carbocycles. The van der Waals surface area contributed by atoms with Crippen LogP contribution in [-0.2, 0) is 17.9 Å². The molecule has 1 aromatic carbocycles. The van der Waals surface area contributed by atoms with Crippen molar-refractivity contribution in [3.63, 3.8) is 0 Å². The molecule has 0 spiro atoms. The Hall–Kier alpha value is -2.39. The Bertz CT molecular complexity index is 1100. The minimum Gasteiger partial charge on any atom is -0.351 e. The van der Waals surface area contributed by atoms with Crippen LogP contribution in [-0.4, -0.2) is 39.3 Å². The molecule has 1 aliphatic rings. The first kappa shape index (κ1) is 20.9. The third-order valence-electron chi connectivity index (χ3n) is 5.11. The third kappa shape index (κ3) is 4.52. The Morgan fingerprint density at radius 1 is 1.20 bits per heavy atom. The summed E-state index contributed by atoms with van der Waals surface area (Å²) in [6.45, 7) is 6.89. The van der Waals surface area contributed by atoms with E-state index in [1.807, 2.05) is 38.1 Å². The smallest absolute Gasteiger partial charge is 0.273 e. The highest BCUT2D eigenvalue weighted by molar-refractivity contribution is 7.99. The number of aryl methyl sites for hydroxylation is 1. The van der Waals surface area contributed by atoms with Crippen LogP contribution < -0.4 is 15.8 Å². The monoisotopic (exact) mass is 443 g/mol. The third-order valence-corrected chi connectivity index (χ3v) is 7.18. The lowest BCUT2D eigenvalue weighted by Crippen LogP contribution is -2.26. The van der Waals surface area contributed by atoms with E-state index in [4.69, 9.17) is 0 Å². The first-order valence-electron chi connectivity index (χ1n) is 10.2. The molecule has 0 bridgehead atoms. The summed E-state index contributed by atoms with van der Waals surface area (Å²) in [5, 5.41) is 4.33. The number of thioether (sulfide) groups is 1. The lowest BCUT2D eigenvalue weighted by atomic mass is 10.1. The number of carbonyl (C=O) groups is 1. The molecule has 4 rings (SSSR count). The number of amides is 1. The first-order valence-corrected chi connectivity index (χ1v) is 12.0. The molecular weight excluding hydrogens is 418 g/mol. The number of aromatic nitrogens is 3. The highest BCUT2D eigenvalue weighted by Gasteiger charge is 2.20. The van der Waals surface area contributed by atoms with Gasteiger partial charge in [-0.15, -0.1) is 0 Å². The lowest BCUT2D eigenvalue weighted by molar-refractivity contribution is -0.118. The zero-order valence-corrected chi connectivity index (χ0v) is 18.8. The number of rotatable bonds is 7. The average molecular weight is 444 g/mol. The van der Waals surface area contributed by atoms with Gasteiger partial charge in [-0.3, -0.25) is 14.2 Å². The van der Waals surface area contributed by atoms with Crippen molar-refractivity contribution in [1.82, 2.24) is 19.9 Å². The van der Waals surface area contributed by atoms with Crippen molar-refractivity contribution < 1.29 is 4.79 Å². The van der Waals surface area contributed by atoms with Crippen LogP contribution in [0, 0.1) is 6.92 Å². The summed E-state index contributed by atoms with van der Waals surface area (Å²) < 4.78 is 2.22. The normalized spacial score (nSPS) is 13.9. The predicted molar refractivity (Wildman–Crippen MR) is 123 cm³/mol. The van der Waals surface area contributed by atoms with Gasteiger partial charge in [0.15, 0.2) is 15.9 Å². The number of carbonyl (C=O) groups excluding carboxylic acids is 1. The molecule has 7 nitrogen and oxygen atoms in total. The molecule has 30 heavy (non-hydrogen) atoms. The summed E-state index contributed by atoms with van der Waals surface area (Å²) in [5.41, 5.74) is 2.66. The molecular formula is C21H25N5O2S2. The summed E-state index contributed by atoms with van der Waals surface area (Å²) in [5.74, 6) is 0.112. The number of anilines is 1. The molecule has 3 heterocycles. The van der Waals surface area contributed by atoms with Crippen LogP contribution in [0.25, 0.3) is 10.3 Å². The van der Waals surface area contributed by atoms with Crippen LogP contribution >= 0.6 is 23.1 Å². The van der Waals surface area contributed by atoms with Gasteiger partial charge in [-0.05, 0) is 32.3 Å². The van der Waals surface area contributed by atoms with E-state index in [0.717, 1.165) is 36.6 Å². The van der Waals surface area contributed by atoms with Gasteiger partial charge in [-0.25, -0.2) is 4.98 Å². The van der Waals surface area contributed by atoms with Crippen LogP contribution in [0.2, 0.25) is 0 Å². The minimum absolute atomic E-state index is 0.0759. The van der Waals surface area contributed by atoms with E-state index in [0.29, 0.717) is 28.6 Å². The summed E-state index contributed by atoms with van der Waals surface area (Å²) in [6, 6.07) is 8.07. The van der Waals surface area contributed by atoms with E-state index in [2.05, 4.69) is 20.2 Å². The SMILES string of the molecule is CCn1c(SCC(=O)NCc2ccc(C)cc2)nc2nc(N3CCCC3)sc2c1=O. The summed E-state index contributed by atoms with van der Waals surface area (Å²) in [7, 11) is 0. The standard InChI is InChI=1S/C21H25N5O2S2/c1-3-26-19(28)17-18(23-20(30-17)25-10-4-5-11-25)24-21(26)29-13-16(27)22-12-15-8-6-14(2)7-9-15/h6-9H,3-5,10-13H2,1-2H3,(H,22,27). The molecule has 1 N–H and O–H groups in total. The highest BCUT2D eigenvalue weighted by atomic mass is 32.2. The number of thiazole rings is 1. The maximum absolute atomic E-state index is 13.0. The van der Waals surface area contributed by atoms with Crippen molar-refractivity contribution in [2.24, 2.45) is 0 Å². The van der Waals surface area contributed by atoms with Crippen LogP contribution in [0.1, 0.15) is 30.9 Å². The number of hydrogen-bond donors (Lipinski definition) is 1. The molecule has 3 aromatic rings. The molecule has 0 atom stereocenters. The van der Waals surface area contributed by atoms with Crippen molar-refractivity contribution in [2.45, 2.75) is 44.9 Å². The minimum atomic E-state index is -0.0893. The van der Waals surface area contributed by atoms with Gasteiger partial charge in [0.2, 0.25) is 5.91 Å². The number of hydrogen-bond acceptors (Lipinski definition) is 7. The van der Waals surface area contributed by atoms with Crippen molar-refractivity contribution >= 4 is 44.5 Å². The average Bonchev–Trinajstić information content (AvgIpc) is 3.42. The lowest BCUT2D eigenvalue weighted by Gasteiger charge is -2.11. The molecule has 0 aliphatic carbocycles. The molecule has 1 aliphatic heterocycles. The Labute approximate surface area is 183 Å². The van der Waals surface area contributed by atoms with E-state index in [9.17, 15) is 9.59 Å². The Morgan fingerprint density at radius 3 is 2.63 bits per heavy atom. The van der Waals surface area contributed by atoms with Gasteiger partial charge in [0, 0.05) is 26.2 Å². The molecule has 1 fully saturated rings. The van der Waals surface area contributed by atoms with Crippen molar-refractivity contribution in [1.29, 1.82) is 0 Å². The van der Waals surface area contributed by atoms with E-state index < -0.39 is 0 Å². The van der Waals surface area contributed by atoms with Crippen molar-refractivity contribution in [3.05, 3.63) is 45.7 Å². The van der Waals surface area contributed by atoms with Crippen LogP contribution in [0.3, 0.4) is 0 Å². The second kappa shape index (κ2) is 9.18. The zero-order valence-electron chi connectivity index (χ0n) is 17.2. The van der Waals surface area contributed by atoms with E-state index in [1.165, 1.54) is 28.7 Å². The fourth-order valence-corrected chi connectivity index (χ4v) is 5.28. The van der Waals surface area contributed by atoms with Gasteiger partial charge in [-0.2, -0.15) is 4.98 Å². The Morgan fingerprint density at radius 2 is 1.93 bits per heavy atom. The van der Waals surface area contributed by atoms with Crippen LogP contribution in [0.15, 0.2) is 34.2 Å². The Kier molecular flexibility index (Phi) is 6.38. The summed E-state index contributed by atoms with van der Waals surface area (Å²) >= 11 is 2.70. The molecule has 0 radical (unpaired) electrons. The van der Waals surface area contributed by atoms with Gasteiger partial charge in [0.1, 0.15) is 4.70 Å². The van der Waals surface area contributed by atoms with E-state index >= 15 is 0 Å². The number of benzene rings is 1. The van der Waals surface area contributed by atoms with E-state index in [1.54, 1.807) is 4.57 Å². The maximum atomic E-state index is 13.0. The van der Waals surface area contributed by atoms with E-state index in [-0.39, 0.29) is 17.2 Å². The van der Waals surface area contributed by atoms with Gasteiger partial charge >= 0.3 is 0 Å². The van der Waals surface area contributed by atoms with Gasteiger partial charge in [0.05, 0.1) is 5.75 Å². The molecule has 1 amide bonds. The fourth-order valence-electron chi connectivity index (χ4n) is 3.40. The topological polar surface area (TPSA) is 80.1 Å². The second-order valence-corrected chi connectivity index (χ2v) is 9.26.